The number of fused-ring (bicyclic) bond motifs is 1. The summed E-state index contributed by atoms with van der Waals surface area (Å²) in [5.41, 5.74) is 0.504. The van der Waals surface area contributed by atoms with Gasteiger partial charge in [-0.2, -0.15) is 0 Å². The lowest BCUT2D eigenvalue weighted by Crippen LogP contribution is -2.54. The molecule has 3 N–H and O–H groups in total. The summed E-state index contributed by atoms with van der Waals surface area (Å²) in [6.07, 6.45) is -1.24. The zero-order valence-corrected chi connectivity index (χ0v) is 17.7. The van der Waals surface area contributed by atoms with E-state index in [0.717, 1.165) is 10.6 Å². The van der Waals surface area contributed by atoms with E-state index in [1.54, 1.807) is 24.1 Å². The van der Waals surface area contributed by atoms with Gasteiger partial charge >= 0.3 is 0 Å². The van der Waals surface area contributed by atoms with E-state index in [1.807, 2.05) is 25.3 Å². The molecule has 0 saturated carbocycles. The van der Waals surface area contributed by atoms with Gasteiger partial charge in [0.1, 0.15) is 11.4 Å². The van der Waals surface area contributed by atoms with Crippen molar-refractivity contribution in [3.8, 4) is 17.6 Å². The smallest absolute Gasteiger partial charge is 0.257 e. The molecule has 2 aliphatic heterocycles. The van der Waals surface area contributed by atoms with E-state index in [2.05, 4.69) is 27.5 Å². The number of nitrogens with zero attached hydrogens (tertiary/aromatic N) is 2. The Hall–Kier alpha value is -2.93. The Bertz CT molecular complexity index is 1070. The predicted molar refractivity (Wildman–Crippen MR) is 111 cm³/mol. The van der Waals surface area contributed by atoms with Crippen LogP contribution in [0.25, 0.3) is 0 Å². The lowest BCUT2D eigenvalue weighted by Gasteiger charge is -2.26. The van der Waals surface area contributed by atoms with Gasteiger partial charge in [-0.25, -0.2) is 10.3 Å². The second-order valence-corrected chi connectivity index (χ2v) is 8.48. The van der Waals surface area contributed by atoms with Crippen LogP contribution >= 0.6 is 11.3 Å². The molecular formula is C21H22N4O4S. The minimum atomic E-state index is -1.44. The topological polar surface area (TPSA) is 104 Å². The van der Waals surface area contributed by atoms with E-state index < -0.39 is 17.8 Å². The average Bonchev–Trinajstić information content (AvgIpc) is 3.38. The Kier molecular flexibility index (Phi) is 5.24. The number of amides is 2. The number of benzene rings is 1. The van der Waals surface area contributed by atoms with Gasteiger partial charge < -0.3 is 20.1 Å². The van der Waals surface area contributed by atoms with Gasteiger partial charge in [0.2, 0.25) is 0 Å². The maximum atomic E-state index is 12.9. The van der Waals surface area contributed by atoms with Crippen molar-refractivity contribution in [3.05, 3.63) is 45.4 Å². The Morgan fingerprint density at radius 3 is 2.87 bits per heavy atom. The summed E-state index contributed by atoms with van der Waals surface area (Å²) in [5, 5.41) is 18.0. The molecule has 1 fully saturated rings. The molecule has 2 aromatic rings. The molecule has 4 rings (SSSR count). The van der Waals surface area contributed by atoms with Gasteiger partial charge in [-0.3, -0.25) is 9.59 Å². The van der Waals surface area contributed by atoms with Crippen LogP contribution in [0.4, 0.5) is 0 Å². The molecular weight excluding hydrogens is 404 g/mol. The Morgan fingerprint density at radius 1 is 1.43 bits per heavy atom. The zero-order valence-electron chi connectivity index (χ0n) is 16.9. The number of hydrogen-bond donors (Lipinski definition) is 3. The van der Waals surface area contributed by atoms with Crippen LogP contribution in [0.15, 0.2) is 23.6 Å². The van der Waals surface area contributed by atoms with E-state index in [9.17, 15) is 14.7 Å². The molecule has 30 heavy (non-hydrogen) atoms. The molecule has 1 saturated heterocycles. The summed E-state index contributed by atoms with van der Waals surface area (Å²) in [6.45, 7) is 4.43. The number of carbonyl (C=O) groups excluding carboxylic acids is 2. The predicted octanol–water partition coefficient (Wildman–Crippen LogP) is 1.02. The summed E-state index contributed by atoms with van der Waals surface area (Å²) in [7, 11) is 1.54. The molecule has 2 aliphatic rings. The number of ether oxygens (including phenoxy) is 1. The van der Waals surface area contributed by atoms with Crippen LogP contribution in [0.3, 0.4) is 0 Å². The number of rotatable bonds is 4. The first kappa shape index (κ1) is 20.3. The third kappa shape index (κ3) is 3.65. The van der Waals surface area contributed by atoms with Gasteiger partial charge in [0.25, 0.3) is 11.8 Å². The first-order chi connectivity index (χ1) is 14.3. The third-order valence-electron chi connectivity index (χ3n) is 5.08. The minimum Gasteiger partial charge on any atom is -0.497 e. The fourth-order valence-corrected chi connectivity index (χ4v) is 4.26. The molecule has 0 spiro atoms. The van der Waals surface area contributed by atoms with Crippen LogP contribution < -0.4 is 15.4 Å². The van der Waals surface area contributed by atoms with Crippen molar-refractivity contribution in [1.82, 2.24) is 20.5 Å². The first-order valence-electron chi connectivity index (χ1n) is 9.53. The zero-order chi connectivity index (χ0) is 21.5. The average molecular weight is 426 g/mol. The number of aliphatic hydroxyl groups excluding tert-OH is 1. The summed E-state index contributed by atoms with van der Waals surface area (Å²) in [5.74, 6) is 6.05. The van der Waals surface area contributed by atoms with Gasteiger partial charge in [0, 0.05) is 23.4 Å². The summed E-state index contributed by atoms with van der Waals surface area (Å²) < 4.78 is 5.21. The number of aliphatic hydroxyl groups is 1. The lowest BCUT2D eigenvalue weighted by atomic mass is 9.99. The lowest BCUT2D eigenvalue weighted by molar-refractivity contribution is -0.123. The highest BCUT2D eigenvalue weighted by Crippen LogP contribution is 2.28. The summed E-state index contributed by atoms with van der Waals surface area (Å²) >= 11 is 1.51. The highest BCUT2D eigenvalue weighted by molar-refractivity contribution is 7.09. The van der Waals surface area contributed by atoms with Crippen molar-refractivity contribution in [1.29, 1.82) is 0 Å². The number of hydrogen-bond acceptors (Lipinski definition) is 7. The van der Waals surface area contributed by atoms with Crippen LogP contribution in [0.5, 0.6) is 5.75 Å². The van der Waals surface area contributed by atoms with Crippen LogP contribution in [0, 0.1) is 11.8 Å². The van der Waals surface area contributed by atoms with Gasteiger partial charge in [-0.05, 0) is 23.6 Å². The molecule has 156 valence electrons. The quantitative estimate of drug-likeness (QED) is 0.631. The van der Waals surface area contributed by atoms with Gasteiger partial charge in [0.05, 0.1) is 18.7 Å². The second-order valence-electron chi connectivity index (χ2n) is 7.59. The minimum absolute atomic E-state index is 0.0140. The Morgan fingerprint density at radius 2 is 2.23 bits per heavy atom. The monoisotopic (exact) mass is 426 g/mol. The molecule has 1 aromatic heterocycles. The van der Waals surface area contributed by atoms with E-state index >= 15 is 0 Å². The Labute approximate surface area is 178 Å². The highest BCUT2D eigenvalue weighted by atomic mass is 32.1. The molecule has 0 aliphatic carbocycles. The van der Waals surface area contributed by atoms with Crippen LogP contribution in [0.2, 0.25) is 0 Å². The van der Waals surface area contributed by atoms with Gasteiger partial charge in [-0.1, -0.05) is 25.8 Å². The molecule has 0 radical (unpaired) electrons. The van der Waals surface area contributed by atoms with Crippen molar-refractivity contribution in [3.63, 3.8) is 0 Å². The molecule has 2 amide bonds. The molecule has 0 bridgehead atoms. The van der Waals surface area contributed by atoms with Gasteiger partial charge in [-0.15, -0.1) is 11.3 Å². The van der Waals surface area contributed by atoms with Crippen molar-refractivity contribution >= 4 is 23.2 Å². The number of thiazole rings is 1. The molecule has 2 atom stereocenters. The van der Waals surface area contributed by atoms with Crippen molar-refractivity contribution < 1.29 is 19.4 Å². The SMILES string of the molecule is COc1ccc2c(c1)C(=O)N(CC1(C#Cc3csc(C(C)C)n3)N[C@H](O)NC1=O)C2. The van der Waals surface area contributed by atoms with E-state index in [-0.39, 0.29) is 18.4 Å². The van der Waals surface area contributed by atoms with Crippen molar-refractivity contribution in [2.45, 2.75) is 38.2 Å². The molecule has 9 heteroatoms. The van der Waals surface area contributed by atoms with Crippen LogP contribution in [0.1, 0.15) is 46.4 Å². The molecule has 3 heterocycles. The number of carbonyl (C=O) groups is 2. The van der Waals surface area contributed by atoms with Crippen molar-refractivity contribution in [2.75, 3.05) is 13.7 Å². The first-order valence-corrected chi connectivity index (χ1v) is 10.4. The summed E-state index contributed by atoms with van der Waals surface area (Å²) in [4.78, 5) is 31.6. The Balaban J connectivity index is 1.62. The van der Waals surface area contributed by atoms with E-state index in [4.69, 9.17) is 4.74 Å². The maximum absolute atomic E-state index is 12.9. The molecule has 1 unspecified atom stereocenters. The van der Waals surface area contributed by atoms with E-state index in [1.165, 1.54) is 11.3 Å². The van der Waals surface area contributed by atoms with Crippen LogP contribution in [-0.4, -0.2) is 52.4 Å². The molecule has 8 nitrogen and oxygen atoms in total. The largest absolute Gasteiger partial charge is 0.497 e. The number of methoxy groups -OCH3 is 1. The van der Waals surface area contributed by atoms with Gasteiger partial charge in [0.15, 0.2) is 11.9 Å². The maximum Gasteiger partial charge on any atom is 0.257 e. The molecule has 1 aromatic carbocycles. The summed E-state index contributed by atoms with van der Waals surface area (Å²) in [6, 6.07) is 5.32. The number of nitrogens with one attached hydrogen (secondary N) is 2. The van der Waals surface area contributed by atoms with Crippen LogP contribution in [-0.2, 0) is 11.3 Å². The highest BCUT2D eigenvalue weighted by Gasteiger charge is 2.48. The normalized spacial score (nSPS) is 22.7. The standard InChI is InChI=1S/C21H22N4O4S/c1-12(2)17-22-14(10-30-17)6-7-21(19(27)23-20(28)24-21)11-25-9-13-4-5-15(29-3)8-16(13)18(25)26/h4-5,8,10,12,20,24,28H,9,11H2,1-3H3,(H,23,27)/t20-,21?/m1/s1. The fraction of sp³-hybridized carbons (Fsp3) is 0.381. The van der Waals surface area contributed by atoms with Crippen molar-refractivity contribution in [2.24, 2.45) is 0 Å². The fourth-order valence-electron chi connectivity index (χ4n) is 3.49. The van der Waals surface area contributed by atoms with E-state index in [0.29, 0.717) is 23.6 Å². The number of aromatic nitrogens is 1. The second kappa shape index (κ2) is 7.72. The third-order valence-corrected chi connectivity index (χ3v) is 6.23.